The van der Waals surface area contributed by atoms with Crippen LogP contribution in [0.25, 0.3) is 11.1 Å². The van der Waals surface area contributed by atoms with Gasteiger partial charge in [-0.15, -0.1) is 0 Å². The van der Waals surface area contributed by atoms with Crippen LogP contribution in [0, 0.1) is 0 Å². The Morgan fingerprint density at radius 3 is 2.80 bits per heavy atom. The summed E-state index contributed by atoms with van der Waals surface area (Å²) in [6.07, 6.45) is 1.05. The Kier molecular flexibility index (Phi) is 1.90. The fraction of sp³-hybridized carbons (Fsp3) is 0.0769. The summed E-state index contributed by atoms with van der Waals surface area (Å²) in [4.78, 5) is 0. The molecule has 0 saturated carbocycles. The summed E-state index contributed by atoms with van der Waals surface area (Å²) >= 11 is 6.04. The Hall–Kier alpha value is -1.21. The SMILES string of the molecule is Bc1cccc2c1-c1cc(Cl)ccc1C2. The summed E-state index contributed by atoms with van der Waals surface area (Å²) in [7, 11) is 2.16. The summed E-state index contributed by atoms with van der Waals surface area (Å²) in [5, 5.41) is 0.824. The Labute approximate surface area is 95.3 Å². The summed E-state index contributed by atoms with van der Waals surface area (Å²) in [5.41, 5.74) is 6.86. The van der Waals surface area contributed by atoms with Gasteiger partial charge in [0.2, 0.25) is 0 Å². The van der Waals surface area contributed by atoms with Gasteiger partial charge in [0.1, 0.15) is 7.85 Å². The van der Waals surface area contributed by atoms with Gasteiger partial charge < -0.3 is 0 Å². The summed E-state index contributed by atoms with van der Waals surface area (Å²) in [6, 6.07) is 12.7. The zero-order valence-corrected chi connectivity index (χ0v) is 9.31. The lowest BCUT2D eigenvalue weighted by atomic mass is 9.87. The molecule has 0 aliphatic heterocycles. The van der Waals surface area contributed by atoms with E-state index in [0.717, 1.165) is 11.4 Å². The van der Waals surface area contributed by atoms with Crippen LogP contribution in [0.15, 0.2) is 36.4 Å². The predicted octanol–water partition coefficient (Wildman–Crippen LogP) is 2.17. The van der Waals surface area contributed by atoms with E-state index in [9.17, 15) is 0 Å². The fourth-order valence-electron chi connectivity index (χ4n) is 2.40. The van der Waals surface area contributed by atoms with E-state index in [2.05, 4.69) is 38.2 Å². The minimum Gasteiger partial charge on any atom is -0.0843 e. The fourth-order valence-corrected chi connectivity index (χ4v) is 2.57. The van der Waals surface area contributed by atoms with Gasteiger partial charge in [-0.05, 0) is 40.8 Å². The minimum absolute atomic E-state index is 0.824. The van der Waals surface area contributed by atoms with E-state index in [0.29, 0.717) is 0 Å². The van der Waals surface area contributed by atoms with E-state index < -0.39 is 0 Å². The van der Waals surface area contributed by atoms with Crippen LogP contribution in [0.1, 0.15) is 11.1 Å². The van der Waals surface area contributed by atoms with E-state index in [1.807, 2.05) is 6.07 Å². The normalized spacial score (nSPS) is 12.3. The average Bonchev–Trinajstić information content (AvgIpc) is 2.57. The third-order valence-electron chi connectivity index (χ3n) is 3.08. The van der Waals surface area contributed by atoms with Gasteiger partial charge in [-0.2, -0.15) is 0 Å². The number of rotatable bonds is 0. The second-order valence-electron chi connectivity index (χ2n) is 4.09. The van der Waals surface area contributed by atoms with E-state index in [1.165, 1.54) is 27.7 Å². The van der Waals surface area contributed by atoms with Crippen molar-refractivity contribution in [1.82, 2.24) is 0 Å². The summed E-state index contributed by atoms with van der Waals surface area (Å²) in [6.45, 7) is 0. The van der Waals surface area contributed by atoms with E-state index in [1.54, 1.807) is 0 Å². The Balaban J connectivity index is 2.33. The molecule has 0 saturated heterocycles. The molecule has 2 heteroatoms. The first kappa shape index (κ1) is 9.05. The molecule has 0 bridgehead atoms. The third kappa shape index (κ3) is 1.31. The van der Waals surface area contributed by atoms with E-state index >= 15 is 0 Å². The van der Waals surface area contributed by atoms with Gasteiger partial charge in [0, 0.05) is 5.02 Å². The molecule has 15 heavy (non-hydrogen) atoms. The topological polar surface area (TPSA) is 0 Å². The van der Waals surface area contributed by atoms with Crippen molar-refractivity contribution in [3.63, 3.8) is 0 Å². The number of halogens is 1. The Morgan fingerprint density at radius 2 is 1.93 bits per heavy atom. The first-order valence-electron chi connectivity index (χ1n) is 5.13. The molecule has 0 nitrogen and oxygen atoms in total. The molecule has 3 rings (SSSR count). The standard InChI is InChI=1S/C13H10BCl/c14-12-3-1-2-9-6-8-4-5-10(15)7-11(8)13(9)12/h1-5,7H,6,14H2. The quantitative estimate of drug-likeness (QED) is 0.501. The van der Waals surface area contributed by atoms with Crippen molar-refractivity contribution in [2.24, 2.45) is 0 Å². The lowest BCUT2D eigenvalue weighted by Crippen LogP contribution is -2.05. The maximum absolute atomic E-state index is 6.04. The van der Waals surface area contributed by atoms with Crippen LogP contribution in [-0.4, -0.2) is 7.85 Å². The smallest absolute Gasteiger partial charge is 0.0843 e. The maximum atomic E-state index is 6.04. The third-order valence-corrected chi connectivity index (χ3v) is 3.32. The van der Waals surface area contributed by atoms with E-state index in [4.69, 9.17) is 11.6 Å². The molecular weight excluding hydrogens is 202 g/mol. The minimum atomic E-state index is 0.824. The molecule has 0 aromatic heterocycles. The van der Waals surface area contributed by atoms with Crippen molar-refractivity contribution in [3.8, 4) is 11.1 Å². The zero-order valence-electron chi connectivity index (χ0n) is 8.55. The highest BCUT2D eigenvalue weighted by Gasteiger charge is 2.19. The van der Waals surface area contributed by atoms with Crippen LogP contribution in [0.3, 0.4) is 0 Å². The second-order valence-corrected chi connectivity index (χ2v) is 4.52. The van der Waals surface area contributed by atoms with Crippen LogP contribution in [0.5, 0.6) is 0 Å². The monoisotopic (exact) mass is 212 g/mol. The molecule has 1 aliphatic carbocycles. The van der Waals surface area contributed by atoms with Crippen LogP contribution in [-0.2, 0) is 6.42 Å². The van der Waals surface area contributed by atoms with Crippen molar-refractivity contribution >= 4 is 24.9 Å². The van der Waals surface area contributed by atoms with Gasteiger partial charge in [-0.25, -0.2) is 0 Å². The zero-order chi connectivity index (χ0) is 10.4. The summed E-state index contributed by atoms with van der Waals surface area (Å²) < 4.78 is 0. The molecule has 0 amide bonds. The van der Waals surface area contributed by atoms with Crippen molar-refractivity contribution in [2.75, 3.05) is 0 Å². The molecular formula is C13H10BCl. The molecule has 0 radical (unpaired) electrons. The maximum Gasteiger partial charge on any atom is 0.140 e. The molecule has 0 heterocycles. The van der Waals surface area contributed by atoms with Gasteiger partial charge in [-0.1, -0.05) is 41.3 Å². The highest BCUT2D eigenvalue weighted by Crippen LogP contribution is 2.36. The molecule has 0 atom stereocenters. The lowest BCUT2D eigenvalue weighted by Gasteiger charge is -2.05. The first-order chi connectivity index (χ1) is 7.25. The predicted molar refractivity (Wildman–Crippen MR) is 67.9 cm³/mol. The molecule has 0 N–H and O–H groups in total. The van der Waals surface area contributed by atoms with Crippen molar-refractivity contribution in [3.05, 3.63) is 52.5 Å². The van der Waals surface area contributed by atoms with Crippen LogP contribution in [0.4, 0.5) is 0 Å². The number of hydrogen-bond donors (Lipinski definition) is 0. The van der Waals surface area contributed by atoms with Gasteiger partial charge in [0.25, 0.3) is 0 Å². The van der Waals surface area contributed by atoms with Crippen LogP contribution < -0.4 is 5.46 Å². The Bertz CT molecular complexity index is 546. The molecule has 2 aromatic rings. The van der Waals surface area contributed by atoms with Crippen molar-refractivity contribution in [1.29, 1.82) is 0 Å². The van der Waals surface area contributed by atoms with Crippen LogP contribution in [0.2, 0.25) is 5.02 Å². The highest BCUT2D eigenvalue weighted by atomic mass is 35.5. The van der Waals surface area contributed by atoms with Gasteiger partial charge in [0.05, 0.1) is 0 Å². The number of hydrogen-bond acceptors (Lipinski definition) is 0. The molecule has 0 spiro atoms. The average molecular weight is 212 g/mol. The first-order valence-corrected chi connectivity index (χ1v) is 5.51. The molecule has 0 unspecified atom stereocenters. The summed E-state index contributed by atoms with van der Waals surface area (Å²) in [5.74, 6) is 0. The van der Waals surface area contributed by atoms with Crippen molar-refractivity contribution in [2.45, 2.75) is 6.42 Å². The largest absolute Gasteiger partial charge is 0.140 e. The molecule has 0 fully saturated rings. The van der Waals surface area contributed by atoms with Gasteiger partial charge in [0.15, 0.2) is 0 Å². The number of benzene rings is 2. The van der Waals surface area contributed by atoms with Crippen molar-refractivity contribution < 1.29 is 0 Å². The molecule has 72 valence electrons. The van der Waals surface area contributed by atoms with Gasteiger partial charge >= 0.3 is 0 Å². The Morgan fingerprint density at radius 1 is 1.07 bits per heavy atom. The van der Waals surface area contributed by atoms with E-state index in [-0.39, 0.29) is 0 Å². The highest BCUT2D eigenvalue weighted by molar-refractivity contribution is 6.36. The molecule has 2 aromatic carbocycles. The number of fused-ring (bicyclic) bond motifs is 3. The second kappa shape index (κ2) is 3.14. The van der Waals surface area contributed by atoms with Crippen LogP contribution >= 0.6 is 11.6 Å². The van der Waals surface area contributed by atoms with Gasteiger partial charge in [-0.3, -0.25) is 0 Å². The molecule has 1 aliphatic rings. The lowest BCUT2D eigenvalue weighted by molar-refractivity contribution is 1.26.